The van der Waals surface area contributed by atoms with Crippen LogP contribution in [0.1, 0.15) is 46.5 Å². The summed E-state index contributed by atoms with van der Waals surface area (Å²) in [7, 11) is 0. The average Bonchev–Trinajstić information content (AvgIpc) is 2.52. The van der Waals surface area contributed by atoms with E-state index in [4.69, 9.17) is 5.73 Å². The first-order valence-corrected chi connectivity index (χ1v) is 8.44. The van der Waals surface area contributed by atoms with Gasteiger partial charge in [0.2, 0.25) is 11.9 Å². The standard InChI is InChI=1S/C17H25FN6O/c1-4-5-6-7-17(3,10-21-11(2)25)24-15-14-13(22-16(19)23-15)8-12(18)9-20-14/h8-9H,4-7,10H2,1-3H3,(H,21,25)(H3,19,22,23,24)/t17-/m0/s1. The minimum Gasteiger partial charge on any atom is -0.368 e. The number of carbonyl (C=O) groups excluding carboxylic acids is 1. The number of halogens is 1. The SMILES string of the molecule is CCCCC[C@@](C)(CNC(C)=O)Nc1nc(N)nc2cc(F)cnc12. The highest BCUT2D eigenvalue weighted by Crippen LogP contribution is 2.25. The first kappa shape index (κ1) is 18.8. The van der Waals surface area contributed by atoms with Gasteiger partial charge in [-0.1, -0.05) is 26.2 Å². The first-order chi connectivity index (χ1) is 11.8. The highest BCUT2D eigenvalue weighted by molar-refractivity contribution is 5.86. The van der Waals surface area contributed by atoms with Crippen molar-refractivity contribution >= 4 is 28.7 Å². The maximum absolute atomic E-state index is 13.4. The van der Waals surface area contributed by atoms with Crippen molar-refractivity contribution in [2.75, 3.05) is 17.6 Å². The number of hydrogen-bond acceptors (Lipinski definition) is 6. The second-order valence-electron chi connectivity index (χ2n) is 6.50. The quantitative estimate of drug-likeness (QED) is 0.633. The van der Waals surface area contributed by atoms with Crippen molar-refractivity contribution in [2.24, 2.45) is 0 Å². The number of unbranched alkanes of at least 4 members (excludes halogenated alkanes) is 2. The zero-order valence-electron chi connectivity index (χ0n) is 14.9. The van der Waals surface area contributed by atoms with E-state index in [1.807, 2.05) is 6.92 Å². The lowest BCUT2D eigenvalue weighted by molar-refractivity contribution is -0.119. The van der Waals surface area contributed by atoms with Gasteiger partial charge in [0.05, 0.1) is 17.3 Å². The Balaban J connectivity index is 2.33. The molecule has 4 N–H and O–H groups in total. The molecule has 1 amide bonds. The van der Waals surface area contributed by atoms with Crippen LogP contribution in [0.4, 0.5) is 16.2 Å². The number of hydrogen-bond donors (Lipinski definition) is 3. The molecule has 2 aromatic rings. The van der Waals surface area contributed by atoms with Crippen LogP contribution in [-0.4, -0.2) is 32.9 Å². The highest BCUT2D eigenvalue weighted by atomic mass is 19.1. The third kappa shape index (κ3) is 5.23. The molecule has 8 heteroatoms. The van der Waals surface area contributed by atoms with E-state index in [2.05, 4.69) is 32.5 Å². The van der Waals surface area contributed by atoms with E-state index in [-0.39, 0.29) is 11.9 Å². The van der Waals surface area contributed by atoms with Crippen LogP contribution < -0.4 is 16.4 Å². The molecule has 0 aliphatic heterocycles. The van der Waals surface area contributed by atoms with E-state index in [0.717, 1.165) is 31.9 Å². The minimum atomic E-state index is -0.486. The predicted octanol–water partition coefficient (Wildman–Crippen LogP) is 2.63. The number of anilines is 2. The maximum atomic E-state index is 13.4. The van der Waals surface area contributed by atoms with Gasteiger partial charge < -0.3 is 16.4 Å². The molecule has 2 heterocycles. The molecule has 0 aromatic carbocycles. The maximum Gasteiger partial charge on any atom is 0.222 e. The Kier molecular flexibility index (Phi) is 6.06. The van der Waals surface area contributed by atoms with E-state index in [9.17, 15) is 9.18 Å². The number of amides is 1. The summed E-state index contributed by atoms with van der Waals surface area (Å²) >= 11 is 0. The number of nitrogens with one attached hydrogen (secondary N) is 2. The van der Waals surface area contributed by atoms with Crippen molar-refractivity contribution in [2.45, 2.75) is 52.0 Å². The number of aromatic nitrogens is 3. The van der Waals surface area contributed by atoms with Gasteiger partial charge in [0.25, 0.3) is 0 Å². The summed E-state index contributed by atoms with van der Waals surface area (Å²) in [6.07, 6.45) is 5.14. The summed E-state index contributed by atoms with van der Waals surface area (Å²) in [5, 5.41) is 6.19. The Morgan fingerprint density at radius 3 is 2.80 bits per heavy atom. The van der Waals surface area contributed by atoms with Crippen molar-refractivity contribution in [1.82, 2.24) is 20.3 Å². The number of carbonyl (C=O) groups is 1. The number of fused-ring (bicyclic) bond motifs is 1. The van der Waals surface area contributed by atoms with Gasteiger partial charge >= 0.3 is 0 Å². The summed E-state index contributed by atoms with van der Waals surface area (Å²) < 4.78 is 13.4. The van der Waals surface area contributed by atoms with Gasteiger partial charge in [-0.15, -0.1) is 0 Å². The molecule has 2 aromatic heterocycles. The molecule has 0 aliphatic rings. The number of nitrogens with two attached hydrogens (primary N) is 1. The molecule has 25 heavy (non-hydrogen) atoms. The molecular formula is C17H25FN6O. The predicted molar refractivity (Wildman–Crippen MR) is 96.6 cm³/mol. The summed E-state index contributed by atoms with van der Waals surface area (Å²) in [5.74, 6) is -0.110. The fourth-order valence-corrected chi connectivity index (χ4v) is 2.66. The van der Waals surface area contributed by atoms with Crippen molar-refractivity contribution < 1.29 is 9.18 Å². The lowest BCUT2D eigenvalue weighted by atomic mass is 9.94. The Morgan fingerprint density at radius 2 is 2.12 bits per heavy atom. The second-order valence-corrected chi connectivity index (χ2v) is 6.50. The average molecular weight is 348 g/mol. The van der Waals surface area contributed by atoms with E-state index in [1.165, 1.54) is 13.0 Å². The zero-order valence-corrected chi connectivity index (χ0v) is 14.9. The van der Waals surface area contributed by atoms with Gasteiger partial charge in [-0.3, -0.25) is 4.79 Å². The third-order valence-electron chi connectivity index (χ3n) is 4.00. The molecule has 0 unspecified atom stereocenters. The van der Waals surface area contributed by atoms with Crippen LogP contribution in [0.25, 0.3) is 11.0 Å². The highest BCUT2D eigenvalue weighted by Gasteiger charge is 2.26. The van der Waals surface area contributed by atoms with E-state index < -0.39 is 11.4 Å². The summed E-state index contributed by atoms with van der Waals surface area (Å²) in [4.78, 5) is 23.7. The Morgan fingerprint density at radius 1 is 1.36 bits per heavy atom. The smallest absolute Gasteiger partial charge is 0.222 e. The third-order valence-corrected chi connectivity index (χ3v) is 4.00. The van der Waals surface area contributed by atoms with Gasteiger partial charge in [0.15, 0.2) is 5.82 Å². The molecule has 136 valence electrons. The molecule has 0 bridgehead atoms. The van der Waals surface area contributed by atoms with Gasteiger partial charge in [0.1, 0.15) is 11.3 Å². The fourth-order valence-electron chi connectivity index (χ4n) is 2.66. The van der Waals surface area contributed by atoms with Gasteiger partial charge in [-0.25, -0.2) is 14.4 Å². The van der Waals surface area contributed by atoms with Crippen LogP contribution in [0.5, 0.6) is 0 Å². The largest absolute Gasteiger partial charge is 0.368 e. The van der Waals surface area contributed by atoms with E-state index in [1.54, 1.807) is 0 Å². The topological polar surface area (TPSA) is 106 Å². The summed E-state index contributed by atoms with van der Waals surface area (Å²) in [6.45, 7) is 6.05. The Bertz CT molecular complexity index is 748. The Hall–Kier alpha value is -2.51. The van der Waals surface area contributed by atoms with Gasteiger partial charge in [0, 0.05) is 19.5 Å². The fraction of sp³-hybridized carbons (Fsp3) is 0.529. The molecule has 0 aliphatic carbocycles. The number of rotatable bonds is 8. The van der Waals surface area contributed by atoms with Crippen LogP contribution in [0.15, 0.2) is 12.3 Å². The van der Waals surface area contributed by atoms with Crippen LogP contribution in [0.2, 0.25) is 0 Å². The summed E-state index contributed by atoms with van der Waals surface area (Å²) in [6, 6.07) is 1.27. The van der Waals surface area contributed by atoms with Crippen LogP contribution in [0, 0.1) is 5.82 Å². The molecular weight excluding hydrogens is 323 g/mol. The Labute approximate surface area is 146 Å². The molecule has 0 saturated carbocycles. The lowest BCUT2D eigenvalue weighted by Crippen LogP contribution is -2.46. The normalized spacial score (nSPS) is 13.4. The molecule has 0 saturated heterocycles. The van der Waals surface area contributed by atoms with Crippen molar-refractivity contribution in [3.63, 3.8) is 0 Å². The van der Waals surface area contributed by atoms with Crippen molar-refractivity contribution in [1.29, 1.82) is 0 Å². The van der Waals surface area contributed by atoms with Crippen molar-refractivity contribution in [3.05, 3.63) is 18.1 Å². The monoisotopic (exact) mass is 348 g/mol. The zero-order chi connectivity index (χ0) is 18.4. The molecule has 2 rings (SSSR count). The van der Waals surface area contributed by atoms with Crippen LogP contribution >= 0.6 is 0 Å². The van der Waals surface area contributed by atoms with E-state index in [0.29, 0.717) is 23.4 Å². The number of nitrogens with zero attached hydrogens (tertiary/aromatic N) is 3. The van der Waals surface area contributed by atoms with Crippen LogP contribution in [0.3, 0.4) is 0 Å². The number of pyridine rings is 1. The molecule has 7 nitrogen and oxygen atoms in total. The second kappa shape index (κ2) is 8.04. The molecule has 0 fully saturated rings. The molecule has 0 radical (unpaired) electrons. The molecule has 0 spiro atoms. The number of nitrogen functional groups attached to an aromatic ring is 1. The first-order valence-electron chi connectivity index (χ1n) is 8.44. The molecule has 1 atom stereocenters. The van der Waals surface area contributed by atoms with Gasteiger partial charge in [-0.05, 0) is 13.3 Å². The van der Waals surface area contributed by atoms with Crippen molar-refractivity contribution in [3.8, 4) is 0 Å². The lowest BCUT2D eigenvalue weighted by Gasteiger charge is -2.32. The minimum absolute atomic E-state index is 0.0397. The summed E-state index contributed by atoms with van der Waals surface area (Å²) in [5.41, 5.74) is 6.10. The van der Waals surface area contributed by atoms with Gasteiger partial charge in [-0.2, -0.15) is 4.98 Å². The van der Waals surface area contributed by atoms with E-state index >= 15 is 0 Å². The van der Waals surface area contributed by atoms with Crippen LogP contribution in [-0.2, 0) is 4.79 Å².